The molecule has 0 bridgehead atoms. The molecule has 0 fully saturated rings. The fraction of sp³-hybridized carbons (Fsp3) is 0.778. The zero-order valence-electron chi connectivity index (χ0n) is 9.29. The first-order chi connectivity index (χ1) is 6.56. The summed E-state index contributed by atoms with van der Waals surface area (Å²) in [5.41, 5.74) is 0. The van der Waals surface area contributed by atoms with Crippen LogP contribution < -0.4 is 5.32 Å². The Morgan fingerprint density at radius 2 is 2.23 bits per heavy atom. The van der Waals surface area contributed by atoms with Crippen LogP contribution in [0.15, 0.2) is 0 Å². The van der Waals surface area contributed by atoms with Crippen LogP contribution in [0.3, 0.4) is 0 Å². The van der Waals surface area contributed by atoms with Crippen molar-refractivity contribution >= 4 is 11.9 Å². The lowest BCUT2D eigenvalue weighted by Crippen LogP contribution is -2.44. The first-order valence-corrected chi connectivity index (χ1v) is 4.23. The SMILES string of the molecule is [2H]CC(=O)N[C@H](C(=O)OC)[C@H](C)CC. The molecule has 0 spiro atoms. The third-order valence-corrected chi connectivity index (χ3v) is 1.98. The van der Waals surface area contributed by atoms with Gasteiger partial charge in [-0.1, -0.05) is 20.3 Å². The minimum Gasteiger partial charge on any atom is -0.467 e. The van der Waals surface area contributed by atoms with Gasteiger partial charge in [0, 0.05) is 8.27 Å². The van der Waals surface area contributed by atoms with Crippen molar-refractivity contribution in [2.75, 3.05) is 7.11 Å². The lowest BCUT2D eigenvalue weighted by atomic mass is 9.99. The Hall–Kier alpha value is -1.06. The largest absolute Gasteiger partial charge is 0.467 e. The van der Waals surface area contributed by atoms with Gasteiger partial charge < -0.3 is 10.1 Å². The smallest absolute Gasteiger partial charge is 0.328 e. The monoisotopic (exact) mass is 188 g/mol. The molecular weight excluding hydrogens is 170 g/mol. The highest BCUT2D eigenvalue weighted by atomic mass is 16.5. The number of esters is 1. The van der Waals surface area contributed by atoms with E-state index in [0.29, 0.717) is 0 Å². The number of hydrogen-bond donors (Lipinski definition) is 1. The summed E-state index contributed by atoms with van der Waals surface area (Å²) in [6.45, 7) is 3.41. The van der Waals surface area contributed by atoms with Gasteiger partial charge in [0.1, 0.15) is 6.04 Å². The maximum absolute atomic E-state index is 11.3. The fourth-order valence-electron chi connectivity index (χ4n) is 0.970. The molecule has 76 valence electrons. The van der Waals surface area contributed by atoms with Gasteiger partial charge in [-0.3, -0.25) is 4.79 Å². The number of carbonyl (C=O) groups is 2. The zero-order chi connectivity index (χ0) is 11.1. The predicted octanol–water partition coefficient (Wildman–Crippen LogP) is 0.710. The molecule has 0 saturated carbocycles. The standard InChI is InChI=1S/C9H17NO3/c1-5-6(2)8(9(12)13-4)10-7(3)11/h6,8H,5H2,1-4H3,(H,10,11)/t6-,8+/m1/s1/i3D. The summed E-state index contributed by atoms with van der Waals surface area (Å²) in [5.74, 6) is -0.903. The normalized spacial score (nSPS) is 15.5. The van der Waals surface area contributed by atoms with Crippen LogP contribution in [0.2, 0.25) is 0 Å². The van der Waals surface area contributed by atoms with Crippen LogP contribution in [0, 0.1) is 5.92 Å². The van der Waals surface area contributed by atoms with E-state index < -0.39 is 17.9 Å². The van der Waals surface area contributed by atoms with Crippen molar-refractivity contribution in [1.82, 2.24) is 5.32 Å². The van der Waals surface area contributed by atoms with Gasteiger partial charge >= 0.3 is 5.97 Å². The van der Waals surface area contributed by atoms with Crippen molar-refractivity contribution in [2.24, 2.45) is 5.92 Å². The lowest BCUT2D eigenvalue weighted by Gasteiger charge is -2.20. The van der Waals surface area contributed by atoms with E-state index in [9.17, 15) is 9.59 Å². The minimum atomic E-state index is -0.636. The maximum Gasteiger partial charge on any atom is 0.328 e. The molecular formula is C9H17NO3. The Morgan fingerprint density at radius 1 is 1.62 bits per heavy atom. The average molecular weight is 188 g/mol. The van der Waals surface area contributed by atoms with Crippen LogP contribution in [0.1, 0.15) is 28.5 Å². The maximum atomic E-state index is 11.3. The Morgan fingerprint density at radius 3 is 2.62 bits per heavy atom. The zero-order valence-corrected chi connectivity index (χ0v) is 8.29. The summed E-state index contributed by atoms with van der Waals surface area (Å²) >= 11 is 0. The summed E-state index contributed by atoms with van der Waals surface area (Å²) in [7, 11) is 1.28. The topological polar surface area (TPSA) is 55.4 Å². The second kappa shape index (κ2) is 5.56. The van der Waals surface area contributed by atoms with Crippen LogP contribution in [-0.2, 0) is 14.3 Å². The molecule has 4 heteroatoms. The number of ether oxygens (including phenoxy) is 1. The predicted molar refractivity (Wildman–Crippen MR) is 49.1 cm³/mol. The Balaban J connectivity index is 4.39. The average Bonchev–Trinajstić information content (AvgIpc) is 2.23. The molecule has 1 amide bonds. The summed E-state index contributed by atoms with van der Waals surface area (Å²) in [6, 6.07) is -0.636. The molecule has 0 radical (unpaired) electrons. The molecule has 0 aromatic carbocycles. The minimum absolute atomic E-state index is 0.0120. The Labute approximate surface area is 80.1 Å². The number of methoxy groups -OCH3 is 1. The number of rotatable bonds is 4. The van der Waals surface area contributed by atoms with Crippen LogP contribution in [0.4, 0.5) is 0 Å². The molecule has 1 N–H and O–H groups in total. The van der Waals surface area contributed by atoms with E-state index in [0.717, 1.165) is 6.42 Å². The van der Waals surface area contributed by atoms with E-state index in [1.165, 1.54) is 7.11 Å². The quantitative estimate of drug-likeness (QED) is 0.661. The van der Waals surface area contributed by atoms with Gasteiger partial charge in [-0.2, -0.15) is 0 Å². The number of nitrogens with one attached hydrogen (secondary N) is 1. The van der Waals surface area contributed by atoms with Crippen molar-refractivity contribution in [3.8, 4) is 0 Å². The molecule has 0 aliphatic carbocycles. The van der Waals surface area contributed by atoms with Crippen LogP contribution in [0.5, 0.6) is 0 Å². The summed E-state index contributed by atoms with van der Waals surface area (Å²) in [5, 5.41) is 2.47. The van der Waals surface area contributed by atoms with Gasteiger partial charge in [-0.25, -0.2) is 4.79 Å². The van der Waals surface area contributed by atoms with E-state index in [1.54, 1.807) is 0 Å². The second-order valence-corrected chi connectivity index (χ2v) is 2.95. The van der Waals surface area contributed by atoms with Crippen LogP contribution in [-0.4, -0.2) is 25.0 Å². The molecule has 13 heavy (non-hydrogen) atoms. The molecule has 0 aliphatic rings. The second-order valence-electron chi connectivity index (χ2n) is 2.95. The molecule has 0 saturated heterocycles. The van der Waals surface area contributed by atoms with Crippen molar-refractivity contribution in [3.63, 3.8) is 0 Å². The number of amides is 1. The summed E-state index contributed by atoms with van der Waals surface area (Å²) < 4.78 is 11.4. The molecule has 0 aromatic heterocycles. The van der Waals surface area contributed by atoms with E-state index in [4.69, 9.17) is 1.37 Å². The van der Waals surface area contributed by atoms with E-state index >= 15 is 0 Å². The lowest BCUT2D eigenvalue weighted by molar-refractivity contribution is -0.146. The fourth-order valence-corrected chi connectivity index (χ4v) is 0.970. The highest BCUT2D eigenvalue weighted by molar-refractivity contribution is 5.83. The van der Waals surface area contributed by atoms with Crippen molar-refractivity contribution in [1.29, 1.82) is 0 Å². The number of hydrogen-bond acceptors (Lipinski definition) is 3. The van der Waals surface area contributed by atoms with Gasteiger partial charge in [-0.15, -0.1) is 0 Å². The summed E-state index contributed by atoms with van der Waals surface area (Å²) in [4.78, 5) is 22.2. The highest BCUT2D eigenvalue weighted by Gasteiger charge is 2.25. The first kappa shape index (κ1) is 10.0. The molecule has 4 nitrogen and oxygen atoms in total. The molecule has 0 aliphatic heterocycles. The summed E-state index contributed by atoms with van der Waals surface area (Å²) in [6.07, 6.45) is 0.762. The van der Waals surface area contributed by atoms with E-state index in [2.05, 4.69) is 10.1 Å². The first-order valence-electron chi connectivity index (χ1n) is 4.93. The van der Waals surface area contributed by atoms with E-state index in [1.807, 2.05) is 13.8 Å². The molecule has 0 unspecified atom stereocenters. The Bertz CT molecular complexity index is 208. The van der Waals surface area contributed by atoms with Crippen LogP contribution in [0.25, 0.3) is 0 Å². The van der Waals surface area contributed by atoms with Gasteiger partial charge in [-0.05, 0) is 5.92 Å². The third kappa shape index (κ3) is 3.92. The molecule has 2 atom stereocenters. The van der Waals surface area contributed by atoms with Gasteiger partial charge in [0.2, 0.25) is 5.91 Å². The third-order valence-electron chi connectivity index (χ3n) is 1.98. The van der Waals surface area contributed by atoms with Gasteiger partial charge in [0.15, 0.2) is 0 Å². The van der Waals surface area contributed by atoms with Crippen LogP contribution >= 0.6 is 0 Å². The van der Waals surface area contributed by atoms with Crippen molar-refractivity contribution in [2.45, 2.75) is 33.2 Å². The van der Waals surface area contributed by atoms with Crippen molar-refractivity contribution < 1.29 is 15.7 Å². The molecule has 0 heterocycles. The van der Waals surface area contributed by atoms with E-state index in [-0.39, 0.29) is 12.8 Å². The Kier molecular flexibility index (Phi) is 4.29. The van der Waals surface area contributed by atoms with Gasteiger partial charge in [0.25, 0.3) is 0 Å². The van der Waals surface area contributed by atoms with Gasteiger partial charge in [0.05, 0.1) is 7.11 Å². The molecule has 0 aromatic rings. The highest BCUT2D eigenvalue weighted by Crippen LogP contribution is 2.08. The number of carbonyl (C=O) groups excluding carboxylic acids is 2. The molecule has 0 rings (SSSR count). The van der Waals surface area contributed by atoms with Crippen molar-refractivity contribution in [3.05, 3.63) is 0 Å².